The van der Waals surface area contributed by atoms with Crippen molar-refractivity contribution in [2.75, 3.05) is 38.1 Å². The van der Waals surface area contributed by atoms with Crippen molar-refractivity contribution < 1.29 is 33.3 Å². The predicted molar refractivity (Wildman–Crippen MR) is 147 cm³/mol. The van der Waals surface area contributed by atoms with Crippen molar-refractivity contribution in [3.63, 3.8) is 0 Å². The molecule has 0 fully saturated rings. The van der Waals surface area contributed by atoms with E-state index in [0.29, 0.717) is 46.5 Å². The Balaban J connectivity index is 1.48. The second kappa shape index (κ2) is 14.6. The van der Waals surface area contributed by atoms with E-state index >= 15 is 0 Å². The first-order valence-electron chi connectivity index (χ1n) is 12.0. The van der Waals surface area contributed by atoms with E-state index in [1.807, 2.05) is 6.92 Å². The Morgan fingerprint density at radius 2 is 1.44 bits per heavy atom. The topological polar surface area (TPSA) is 137 Å². The van der Waals surface area contributed by atoms with Crippen LogP contribution >= 0.6 is 0 Å². The van der Waals surface area contributed by atoms with E-state index in [4.69, 9.17) is 18.9 Å². The molecule has 0 saturated heterocycles. The zero-order valence-electron chi connectivity index (χ0n) is 21.9. The van der Waals surface area contributed by atoms with Gasteiger partial charge in [-0.15, -0.1) is 0 Å². The van der Waals surface area contributed by atoms with Gasteiger partial charge in [0.1, 0.15) is 11.5 Å². The maximum Gasteiger partial charge on any atom is 0.329 e. The second-order valence-corrected chi connectivity index (χ2v) is 8.00. The minimum Gasteiger partial charge on any atom is -0.497 e. The molecule has 0 atom stereocenters. The van der Waals surface area contributed by atoms with E-state index in [2.05, 4.69) is 21.2 Å². The minimum atomic E-state index is -0.938. The van der Waals surface area contributed by atoms with Crippen LogP contribution in [0.15, 0.2) is 71.8 Å². The van der Waals surface area contributed by atoms with Crippen LogP contribution in [0, 0.1) is 0 Å². The number of hydrazone groups is 1. The van der Waals surface area contributed by atoms with E-state index < -0.39 is 11.8 Å². The molecule has 204 valence electrons. The van der Waals surface area contributed by atoms with Gasteiger partial charge in [0.05, 0.1) is 27.0 Å². The van der Waals surface area contributed by atoms with E-state index in [9.17, 15) is 14.4 Å². The van der Waals surface area contributed by atoms with Crippen molar-refractivity contribution in [3.05, 3.63) is 72.3 Å². The number of hydrogen-bond acceptors (Lipinski definition) is 8. The van der Waals surface area contributed by atoms with Crippen LogP contribution in [-0.2, 0) is 14.4 Å². The number of ether oxygens (including phenoxy) is 4. The summed E-state index contributed by atoms with van der Waals surface area (Å²) in [6, 6.07) is 18.4. The fourth-order valence-corrected chi connectivity index (χ4v) is 3.16. The maximum atomic E-state index is 12.2. The molecule has 3 aromatic rings. The molecule has 3 aromatic carbocycles. The highest BCUT2D eigenvalue weighted by atomic mass is 16.5. The van der Waals surface area contributed by atoms with Crippen molar-refractivity contribution in [3.8, 4) is 23.0 Å². The zero-order chi connectivity index (χ0) is 28.0. The first kappa shape index (κ1) is 28.5. The van der Waals surface area contributed by atoms with Gasteiger partial charge in [0.2, 0.25) is 0 Å². The molecule has 0 bridgehead atoms. The lowest BCUT2D eigenvalue weighted by Gasteiger charge is -2.11. The summed E-state index contributed by atoms with van der Waals surface area (Å²) in [5.41, 5.74) is 3.78. The van der Waals surface area contributed by atoms with Gasteiger partial charge in [0.15, 0.2) is 18.1 Å². The van der Waals surface area contributed by atoms with Crippen LogP contribution in [0.2, 0.25) is 0 Å². The summed E-state index contributed by atoms with van der Waals surface area (Å²) in [6.07, 6.45) is 2.22. The van der Waals surface area contributed by atoms with Gasteiger partial charge in [-0.3, -0.25) is 14.4 Å². The Bertz CT molecular complexity index is 1290. The van der Waals surface area contributed by atoms with Gasteiger partial charge in [0, 0.05) is 11.4 Å². The Kier molecular flexibility index (Phi) is 10.7. The number of nitrogens with one attached hydrogen (secondary N) is 3. The molecule has 3 rings (SSSR count). The lowest BCUT2D eigenvalue weighted by Crippen LogP contribution is -2.32. The number of nitrogens with zero attached hydrogens (tertiary/aromatic N) is 1. The molecular weight excluding hydrogens is 504 g/mol. The molecular formula is C28H30N4O7. The first-order valence-corrected chi connectivity index (χ1v) is 12.0. The number of hydrogen-bond donors (Lipinski definition) is 3. The highest BCUT2D eigenvalue weighted by Crippen LogP contribution is 2.27. The standard InChI is InChI=1S/C28H30N4O7/c1-4-15-38-23-12-8-21(9-13-23)31-27(34)28(35)32-29-17-19-5-14-24(25(16-19)37-3)39-18-26(33)30-20-6-10-22(36-2)11-7-20/h5-14,16-17H,4,15,18H2,1-3H3,(H,30,33)(H,31,34)(H,32,35)/b29-17-. The van der Waals surface area contributed by atoms with Crippen molar-refractivity contribution >= 4 is 35.3 Å². The fourth-order valence-electron chi connectivity index (χ4n) is 3.16. The van der Waals surface area contributed by atoms with Gasteiger partial charge in [-0.05, 0) is 78.7 Å². The summed E-state index contributed by atoms with van der Waals surface area (Å²) < 4.78 is 21.5. The molecule has 0 unspecified atom stereocenters. The molecule has 3 amide bonds. The highest BCUT2D eigenvalue weighted by Gasteiger charge is 2.13. The lowest BCUT2D eigenvalue weighted by atomic mass is 10.2. The molecule has 11 heteroatoms. The van der Waals surface area contributed by atoms with Crippen LogP contribution in [0.4, 0.5) is 11.4 Å². The summed E-state index contributed by atoms with van der Waals surface area (Å²) in [5, 5.41) is 9.03. The van der Waals surface area contributed by atoms with Crippen molar-refractivity contribution in [1.82, 2.24) is 5.43 Å². The van der Waals surface area contributed by atoms with Crippen molar-refractivity contribution in [2.45, 2.75) is 13.3 Å². The summed E-state index contributed by atoms with van der Waals surface area (Å²) in [5.74, 6) is -0.112. The summed E-state index contributed by atoms with van der Waals surface area (Å²) in [4.78, 5) is 36.4. The third-order valence-electron chi connectivity index (χ3n) is 5.09. The Labute approximate surface area is 226 Å². The Hall–Kier alpha value is -5.06. The van der Waals surface area contributed by atoms with Gasteiger partial charge in [-0.2, -0.15) is 5.10 Å². The van der Waals surface area contributed by atoms with Crippen LogP contribution in [0.1, 0.15) is 18.9 Å². The molecule has 0 aliphatic carbocycles. The molecule has 0 heterocycles. The predicted octanol–water partition coefficient (Wildman–Crippen LogP) is 3.60. The minimum absolute atomic E-state index is 0.241. The van der Waals surface area contributed by atoms with Crippen LogP contribution in [-0.4, -0.2) is 51.4 Å². The van der Waals surface area contributed by atoms with Crippen LogP contribution < -0.4 is 35.0 Å². The van der Waals surface area contributed by atoms with Crippen molar-refractivity contribution in [1.29, 1.82) is 0 Å². The normalized spacial score (nSPS) is 10.4. The largest absolute Gasteiger partial charge is 0.497 e. The molecule has 0 aliphatic rings. The highest BCUT2D eigenvalue weighted by molar-refractivity contribution is 6.39. The number of carbonyl (C=O) groups excluding carboxylic acids is 3. The van der Waals surface area contributed by atoms with Gasteiger partial charge in [0.25, 0.3) is 5.91 Å². The molecule has 0 spiro atoms. The molecule has 3 N–H and O–H groups in total. The van der Waals surface area contributed by atoms with Gasteiger partial charge in [-0.1, -0.05) is 6.92 Å². The van der Waals surface area contributed by atoms with E-state index in [0.717, 1.165) is 6.42 Å². The third-order valence-corrected chi connectivity index (χ3v) is 5.09. The number of carbonyl (C=O) groups is 3. The fraction of sp³-hybridized carbons (Fsp3) is 0.214. The smallest absolute Gasteiger partial charge is 0.329 e. The monoisotopic (exact) mass is 534 g/mol. The number of rotatable bonds is 12. The number of anilines is 2. The maximum absolute atomic E-state index is 12.2. The number of amides is 3. The summed E-state index contributed by atoms with van der Waals surface area (Å²) >= 11 is 0. The molecule has 11 nitrogen and oxygen atoms in total. The lowest BCUT2D eigenvalue weighted by molar-refractivity contribution is -0.136. The van der Waals surface area contributed by atoms with E-state index in [1.54, 1.807) is 73.8 Å². The van der Waals surface area contributed by atoms with Crippen molar-refractivity contribution in [2.24, 2.45) is 5.10 Å². The van der Waals surface area contributed by atoms with E-state index in [1.165, 1.54) is 13.3 Å². The van der Waals surface area contributed by atoms with Gasteiger partial charge in [-0.25, -0.2) is 5.43 Å². The van der Waals surface area contributed by atoms with Gasteiger partial charge < -0.3 is 29.6 Å². The molecule has 0 saturated carbocycles. The quantitative estimate of drug-likeness (QED) is 0.183. The first-order chi connectivity index (χ1) is 18.9. The van der Waals surface area contributed by atoms with Crippen LogP contribution in [0.3, 0.4) is 0 Å². The van der Waals surface area contributed by atoms with Crippen LogP contribution in [0.5, 0.6) is 23.0 Å². The SMILES string of the molecule is CCCOc1ccc(NC(=O)C(=O)N/N=C\c2ccc(OCC(=O)Nc3ccc(OC)cc3)c(OC)c2)cc1. The van der Waals surface area contributed by atoms with Crippen LogP contribution in [0.25, 0.3) is 0 Å². The second-order valence-electron chi connectivity index (χ2n) is 8.00. The third kappa shape index (κ3) is 9.08. The number of methoxy groups -OCH3 is 2. The number of benzene rings is 3. The molecule has 0 aliphatic heterocycles. The Morgan fingerprint density at radius 1 is 0.769 bits per heavy atom. The zero-order valence-corrected chi connectivity index (χ0v) is 21.9. The Morgan fingerprint density at radius 3 is 2.08 bits per heavy atom. The van der Waals surface area contributed by atoms with Gasteiger partial charge >= 0.3 is 11.8 Å². The molecule has 39 heavy (non-hydrogen) atoms. The van der Waals surface area contributed by atoms with E-state index in [-0.39, 0.29) is 12.5 Å². The molecule has 0 aromatic heterocycles. The summed E-state index contributed by atoms with van der Waals surface area (Å²) in [6.45, 7) is 2.36. The molecule has 0 radical (unpaired) electrons. The average molecular weight is 535 g/mol. The summed E-state index contributed by atoms with van der Waals surface area (Å²) in [7, 11) is 3.02. The average Bonchev–Trinajstić information content (AvgIpc) is 2.96.